The lowest BCUT2D eigenvalue weighted by atomic mass is 9.91. The summed E-state index contributed by atoms with van der Waals surface area (Å²) < 4.78 is 10.1. The number of ether oxygens (including phenoxy) is 1. The normalized spacial score (nSPS) is 21.0. The minimum absolute atomic E-state index is 0.00123. The number of hydrogen-bond donors (Lipinski definition) is 0. The van der Waals surface area contributed by atoms with Gasteiger partial charge in [-0.25, -0.2) is 9.42 Å². The number of nitrogens with zero attached hydrogens (tertiary/aromatic N) is 4. The van der Waals surface area contributed by atoms with Gasteiger partial charge in [-0.2, -0.15) is 0 Å². The first kappa shape index (κ1) is 13.8. The first-order valence-corrected chi connectivity index (χ1v) is 6.99. The van der Waals surface area contributed by atoms with Gasteiger partial charge in [-0.15, -0.1) is 0 Å². The number of aryl methyl sites for hydroxylation is 1. The van der Waals surface area contributed by atoms with Crippen molar-refractivity contribution in [3.8, 4) is 0 Å². The lowest BCUT2D eigenvalue weighted by molar-refractivity contribution is -0.133. The molecule has 3 rings (SSSR count). The van der Waals surface area contributed by atoms with E-state index in [1.54, 1.807) is 23.8 Å². The minimum atomic E-state index is -0.423. The van der Waals surface area contributed by atoms with Crippen molar-refractivity contribution in [2.45, 2.75) is 31.8 Å². The zero-order chi connectivity index (χ0) is 15.0. The minimum Gasteiger partial charge on any atom is -0.441 e. The molecule has 2 amide bonds. The van der Waals surface area contributed by atoms with E-state index in [-0.39, 0.29) is 18.4 Å². The summed E-state index contributed by atoms with van der Waals surface area (Å²) in [6, 6.07) is 0. The monoisotopic (exact) mass is 294 g/mol. The fourth-order valence-corrected chi connectivity index (χ4v) is 2.88. The molecule has 2 aliphatic rings. The van der Waals surface area contributed by atoms with E-state index >= 15 is 0 Å². The van der Waals surface area contributed by atoms with E-state index in [4.69, 9.17) is 4.74 Å². The maximum absolute atomic E-state index is 12.2. The molecule has 0 atom stereocenters. The fraction of sp³-hybridized carbons (Fsp3) is 0.692. The second-order valence-corrected chi connectivity index (χ2v) is 5.76. The van der Waals surface area contributed by atoms with Crippen LogP contribution in [0.2, 0.25) is 0 Å². The number of likely N-dealkylation sites (tertiary alicyclic amines) is 1. The topological polar surface area (TPSA) is 88.8 Å². The van der Waals surface area contributed by atoms with Gasteiger partial charge in [0.2, 0.25) is 5.91 Å². The third kappa shape index (κ3) is 2.57. The van der Waals surface area contributed by atoms with Crippen molar-refractivity contribution >= 4 is 12.0 Å². The van der Waals surface area contributed by atoms with E-state index in [9.17, 15) is 9.59 Å². The van der Waals surface area contributed by atoms with Gasteiger partial charge in [0.25, 0.3) is 0 Å². The maximum Gasteiger partial charge on any atom is 0.410 e. The Morgan fingerprint density at radius 3 is 2.57 bits per heavy atom. The Bertz CT molecular complexity index is 562. The number of rotatable bonds is 2. The molecule has 0 radical (unpaired) electrons. The van der Waals surface area contributed by atoms with Gasteiger partial charge < -0.3 is 14.5 Å². The van der Waals surface area contributed by atoms with Gasteiger partial charge in [0.05, 0.1) is 13.0 Å². The highest BCUT2D eigenvalue weighted by Gasteiger charge is 2.46. The highest BCUT2D eigenvalue weighted by atomic mass is 16.6. The molecular weight excluding hydrogens is 276 g/mol. The van der Waals surface area contributed by atoms with Crippen molar-refractivity contribution in [1.82, 2.24) is 20.1 Å². The fourth-order valence-electron chi connectivity index (χ4n) is 2.88. The number of aromatic nitrogens is 2. The van der Waals surface area contributed by atoms with Crippen LogP contribution in [0.3, 0.4) is 0 Å². The van der Waals surface area contributed by atoms with E-state index in [1.807, 2.05) is 0 Å². The van der Waals surface area contributed by atoms with Gasteiger partial charge in [0.15, 0.2) is 0 Å². The molecule has 0 aromatic carbocycles. The lowest BCUT2D eigenvalue weighted by Crippen LogP contribution is -2.49. The standard InChI is InChI=1S/C13H18N4O4/c1-9-10(15-21-14-9)7-11(18)17-5-3-13(4-6-17)8-16(2)12(19)20-13/h3-8H2,1-2H3. The van der Waals surface area contributed by atoms with Crippen LogP contribution in [0.4, 0.5) is 4.79 Å². The van der Waals surface area contributed by atoms with Crippen LogP contribution in [0.15, 0.2) is 4.63 Å². The van der Waals surface area contributed by atoms with E-state index < -0.39 is 5.60 Å². The molecule has 0 bridgehead atoms. The number of hydrogen-bond acceptors (Lipinski definition) is 6. The Labute approximate surface area is 122 Å². The first-order chi connectivity index (χ1) is 9.99. The van der Waals surface area contributed by atoms with Crippen LogP contribution < -0.4 is 0 Å². The Morgan fingerprint density at radius 2 is 2.05 bits per heavy atom. The number of piperidine rings is 1. The predicted molar refractivity (Wildman–Crippen MR) is 70.4 cm³/mol. The van der Waals surface area contributed by atoms with Crippen molar-refractivity contribution in [2.75, 3.05) is 26.7 Å². The Morgan fingerprint density at radius 1 is 1.33 bits per heavy atom. The van der Waals surface area contributed by atoms with Crippen LogP contribution >= 0.6 is 0 Å². The van der Waals surface area contributed by atoms with E-state index in [0.717, 1.165) is 0 Å². The lowest BCUT2D eigenvalue weighted by Gasteiger charge is -2.37. The largest absolute Gasteiger partial charge is 0.441 e. The van der Waals surface area contributed by atoms with Gasteiger partial charge in [0.1, 0.15) is 17.0 Å². The molecular formula is C13H18N4O4. The number of carbonyl (C=O) groups is 2. The van der Waals surface area contributed by atoms with E-state index in [2.05, 4.69) is 14.9 Å². The maximum atomic E-state index is 12.2. The molecule has 1 spiro atoms. The molecule has 8 heteroatoms. The molecule has 2 fully saturated rings. The van der Waals surface area contributed by atoms with Crippen LogP contribution in [0.25, 0.3) is 0 Å². The Balaban J connectivity index is 1.57. The molecule has 2 saturated heterocycles. The smallest absolute Gasteiger partial charge is 0.410 e. The summed E-state index contributed by atoms with van der Waals surface area (Å²) in [5, 5.41) is 7.40. The highest BCUT2D eigenvalue weighted by Crippen LogP contribution is 2.32. The molecule has 3 heterocycles. The molecule has 0 unspecified atom stereocenters. The predicted octanol–water partition coefficient (Wildman–Crippen LogP) is 0.364. The van der Waals surface area contributed by atoms with Crippen molar-refractivity contribution < 1.29 is 19.0 Å². The molecule has 2 aliphatic heterocycles. The molecule has 21 heavy (non-hydrogen) atoms. The molecule has 0 N–H and O–H groups in total. The summed E-state index contributed by atoms with van der Waals surface area (Å²) in [7, 11) is 1.73. The Kier molecular flexibility index (Phi) is 3.30. The third-order valence-electron chi connectivity index (χ3n) is 4.23. The van der Waals surface area contributed by atoms with Crippen molar-refractivity contribution in [3.63, 3.8) is 0 Å². The SMILES string of the molecule is Cc1nonc1CC(=O)N1CCC2(CC1)CN(C)C(=O)O2. The molecule has 0 aliphatic carbocycles. The molecule has 1 aromatic heterocycles. The van der Waals surface area contributed by atoms with Crippen molar-refractivity contribution in [1.29, 1.82) is 0 Å². The first-order valence-electron chi connectivity index (χ1n) is 6.99. The summed E-state index contributed by atoms with van der Waals surface area (Å²) in [5.41, 5.74) is 0.795. The number of carbonyl (C=O) groups excluding carboxylic acids is 2. The second-order valence-electron chi connectivity index (χ2n) is 5.76. The van der Waals surface area contributed by atoms with Gasteiger partial charge in [0, 0.05) is 33.0 Å². The second kappa shape index (κ2) is 5.01. The molecule has 0 saturated carbocycles. The molecule has 1 aromatic rings. The quantitative estimate of drug-likeness (QED) is 0.782. The van der Waals surface area contributed by atoms with Gasteiger partial charge in [-0.1, -0.05) is 10.3 Å². The number of likely N-dealkylation sites (N-methyl/N-ethyl adjacent to an activating group) is 1. The third-order valence-corrected chi connectivity index (χ3v) is 4.23. The van der Waals surface area contributed by atoms with Crippen LogP contribution in [-0.4, -0.2) is 64.4 Å². The summed E-state index contributed by atoms with van der Waals surface area (Å²) in [5.74, 6) is 0.00123. The summed E-state index contributed by atoms with van der Waals surface area (Å²) in [6.07, 6.45) is 1.26. The van der Waals surface area contributed by atoms with E-state index in [0.29, 0.717) is 43.9 Å². The highest BCUT2D eigenvalue weighted by molar-refractivity contribution is 5.78. The van der Waals surface area contributed by atoms with Crippen molar-refractivity contribution in [3.05, 3.63) is 11.4 Å². The van der Waals surface area contributed by atoms with Gasteiger partial charge >= 0.3 is 6.09 Å². The zero-order valence-electron chi connectivity index (χ0n) is 12.2. The average molecular weight is 294 g/mol. The van der Waals surface area contributed by atoms with E-state index in [1.165, 1.54) is 0 Å². The van der Waals surface area contributed by atoms with Crippen LogP contribution in [-0.2, 0) is 16.0 Å². The summed E-state index contributed by atoms with van der Waals surface area (Å²) in [6.45, 7) is 3.53. The average Bonchev–Trinajstić information content (AvgIpc) is 2.96. The van der Waals surface area contributed by atoms with Crippen LogP contribution in [0.1, 0.15) is 24.2 Å². The van der Waals surface area contributed by atoms with Crippen LogP contribution in [0, 0.1) is 6.92 Å². The molecule has 114 valence electrons. The Hall–Kier alpha value is -2.12. The van der Waals surface area contributed by atoms with Gasteiger partial charge in [-0.3, -0.25) is 4.79 Å². The molecule has 8 nitrogen and oxygen atoms in total. The zero-order valence-corrected chi connectivity index (χ0v) is 12.2. The summed E-state index contributed by atoms with van der Waals surface area (Å²) >= 11 is 0. The number of amides is 2. The summed E-state index contributed by atoms with van der Waals surface area (Å²) in [4.78, 5) is 27.1. The van der Waals surface area contributed by atoms with Crippen LogP contribution in [0.5, 0.6) is 0 Å². The van der Waals surface area contributed by atoms with Gasteiger partial charge in [-0.05, 0) is 6.92 Å². The van der Waals surface area contributed by atoms with Crippen molar-refractivity contribution in [2.24, 2.45) is 0 Å².